The fourth-order valence-electron chi connectivity index (χ4n) is 5.84. The number of hydrogen-bond acceptors (Lipinski definition) is 7. The Morgan fingerprint density at radius 2 is 1.09 bits per heavy atom. The predicted octanol–water partition coefficient (Wildman–Crippen LogP) is 7.23. The zero-order valence-corrected chi connectivity index (χ0v) is 29.9. The molecule has 0 aliphatic carbocycles. The molecule has 0 saturated heterocycles. The van der Waals surface area contributed by atoms with Gasteiger partial charge in [-0.15, -0.1) is 0 Å². The summed E-state index contributed by atoms with van der Waals surface area (Å²) >= 11 is 0. The maximum atomic E-state index is 15.5. The Kier molecular flexibility index (Phi) is 10.7. The molecule has 12 heteroatoms. The Hall–Kier alpha value is -6.97. The van der Waals surface area contributed by atoms with Crippen molar-refractivity contribution < 1.29 is 43.4 Å². The van der Waals surface area contributed by atoms with Crippen LogP contribution in [-0.2, 0) is 4.57 Å². The number of aromatic carboxylic acids is 2. The lowest BCUT2D eigenvalue weighted by molar-refractivity contribution is 0.0689. The van der Waals surface area contributed by atoms with Gasteiger partial charge >= 0.3 is 11.9 Å². The largest absolute Gasteiger partial charge is 0.478 e. The predicted molar refractivity (Wildman–Crippen MR) is 205 cm³/mol. The summed E-state index contributed by atoms with van der Waals surface area (Å²) in [5.41, 5.74) is -0.842. The molecule has 270 valence electrons. The number of carbonyl (C=O) groups excluding carboxylic acids is 2. The van der Waals surface area contributed by atoms with Gasteiger partial charge in [0.1, 0.15) is 23.0 Å². The summed E-state index contributed by atoms with van der Waals surface area (Å²) < 4.78 is 28.1. The second kappa shape index (κ2) is 15.7. The fraction of sp³-hybridized carbons (Fsp3) is 0.0476. The smallest absolute Gasteiger partial charge is 0.336 e. The SMILES string of the molecule is CNC(=O)c1cc(C(=O)Nc2cccc(Oc3cc(Oc4cccc(C)c4)ccc3P(=O)(c3ccccc3)c3ccccc3)c2)c(C(=O)O)cc1C(=O)O. The van der Waals surface area contributed by atoms with Gasteiger partial charge in [-0.1, -0.05) is 78.9 Å². The Bertz CT molecular complexity index is 2410. The van der Waals surface area contributed by atoms with Crippen molar-refractivity contribution in [1.29, 1.82) is 0 Å². The number of nitrogens with one attached hydrogen (secondary N) is 2. The minimum absolute atomic E-state index is 0.181. The molecule has 4 N–H and O–H groups in total. The van der Waals surface area contributed by atoms with E-state index < -0.39 is 53.1 Å². The number of benzene rings is 6. The second-order valence-corrected chi connectivity index (χ2v) is 14.8. The molecule has 0 radical (unpaired) electrons. The molecule has 0 spiro atoms. The summed E-state index contributed by atoms with van der Waals surface area (Å²) in [6, 6.07) is 38.7. The lowest BCUT2D eigenvalue weighted by Crippen LogP contribution is -2.26. The average molecular weight is 741 g/mol. The van der Waals surface area contributed by atoms with Crippen LogP contribution in [0.2, 0.25) is 0 Å². The van der Waals surface area contributed by atoms with Gasteiger partial charge < -0.3 is 34.9 Å². The molecule has 54 heavy (non-hydrogen) atoms. The quantitative estimate of drug-likeness (QED) is 0.0947. The van der Waals surface area contributed by atoms with Crippen molar-refractivity contribution in [2.75, 3.05) is 12.4 Å². The molecule has 0 bridgehead atoms. The summed E-state index contributed by atoms with van der Waals surface area (Å²) in [4.78, 5) is 50.0. The number of carbonyl (C=O) groups is 4. The summed E-state index contributed by atoms with van der Waals surface area (Å²) in [6.45, 7) is 1.95. The van der Waals surface area contributed by atoms with Crippen LogP contribution in [0.4, 0.5) is 5.69 Å². The van der Waals surface area contributed by atoms with E-state index in [-0.39, 0.29) is 17.2 Å². The minimum atomic E-state index is -3.56. The van der Waals surface area contributed by atoms with Crippen LogP contribution < -0.4 is 36.0 Å². The van der Waals surface area contributed by atoms with E-state index in [1.54, 1.807) is 54.6 Å². The molecule has 0 fully saturated rings. The number of rotatable bonds is 12. The van der Waals surface area contributed by atoms with Crippen molar-refractivity contribution in [1.82, 2.24) is 5.32 Å². The summed E-state index contributed by atoms with van der Waals surface area (Å²) in [5, 5.41) is 25.9. The third kappa shape index (κ3) is 7.77. The molecule has 0 atom stereocenters. The maximum absolute atomic E-state index is 15.5. The molecule has 0 saturated carbocycles. The molecule has 0 aliphatic rings. The van der Waals surface area contributed by atoms with Gasteiger partial charge in [0, 0.05) is 35.5 Å². The maximum Gasteiger partial charge on any atom is 0.336 e. The number of hydrogen-bond donors (Lipinski definition) is 4. The number of aryl methyl sites for hydroxylation is 1. The molecule has 0 aliphatic heterocycles. The van der Waals surface area contributed by atoms with Crippen LogP contribution in [0.5, 0.6) is 23.0 Å². The van der Waals surface area contributed by atoms with Crippen LogP contribution >= 0.6 is 7.14 Å². The van der Waals surface area contributed by atoms with Crippen molar-refractivity contribution in [2.45, 2.75) is 6.92 Å². The fourth-order valence-corrected chi connectivity index (χ4v) is 8.59. The van der Waals surface area contributed by atoms with Crippen molar-refractivity contribution in [3.8, 4) is 23.0 Å². The van der Waals surface area contributed by atoms with Gasteiger partial charge in [0.15, 0.2) is 7.14 Å². The van der Waals surface area contributed by atoms with E-state index in [4.69, 9.17) is 9.47 Å². The number of ether oxygens (including phenoxy) is 2. The highest BCUT2D eigenvalue weighted by molar-refractivity contribution is 7.85. The Morgan fingerprint density at radius 3 is 1.67 bits per heavy atom. The molecular formula is C42H33N2O9P. The zero-order chi connectivity index (χ0) is 38.4. The normalized spacial score (nSPS) is 10.9. The van der Waals surface area contributed by atoms with Crippen LogP contribution in [0.25, 0.3) is 0 Å². The Morgan fingerprint density at radius 1 is 0.556 bits per heavy atom. The van der Waals surface area contributed by atoms with E-state index in [0.29, 0.717) is 27.4 Å². The van der Waals surface area contributed by atoms with Crippen LogP contribution in [0.15, 0.2) is 140 Å². The van der Waals surface area contributed by atoms with Crippen LogP contribution in [0.1, 0.15) is 47.0 Å². The summed E-state index contributed by atoms with van der Waals surface area (Å²) in [5.74, 6) is -3.40. The minimum Gasteiger partial charge on any atom is -0.478 e. The van der Waals surface area contributed by atoms with Crippen molar-refractivity contribution in [3.05, 3.63) is 167 Å². The average Bonchev–Trinajstić information content (AvgIpc) is 3.17. The monoisotopic (exact) mass is 740 g/mol. The number of carboxylic acid groups (broad SMARTS) is 2. The number of anilines is 1. The number of carboxylic acids is 2. The van der Waals surface area contributed by atoms with Gasteiger partial charge in [-0.05, 0) is 61.0 Å². The first-order chi connectivity index (χ1) is 26.0. The van der Waals surface area contributed by atoms with Gasteiger partial charge in [-0.3, -0.25) is 9.59 Å². The van der Waals surface area contributed by atoms with Gasteiger partial charge in [0.25, 0.3) is 11.8 Å². The lowest BCUT2D eigenvalue weighted by Gasteiger charge is -2.23. The lowest BCUT2D eigenvalue weighted by atomic mass is 9.97. The molecule has 6 aromatic carbocycles. The molecule has 11 nitrogen and oxygen atoms in total. The summed E-state index contributed by atoms with van der Waals surface area (Å²) in [6.07, 6.45) is 0. The Balaban J connectivity index is 1.41. The van der Waals surface area contributed by atoms with Gasteiger partial charge in [0.05, 0.1) is 27.6 Å². The van der Waals surface area contributed by atoms with Crippen molar-refractivity contribution >= 4 is 52.5 Å². The molecule has 2 amide bonds. The molecular weight excluding hydrogens is 707 g/mol. The van der Waals surface area contributed by atoms with Crippen molar-refractivity contribution in [2.24, 2.45) is 0 Å². The van der Waals surface area contributed by atoms with Crippen LogP contribution in [-0.4, -0.2) is 41.0 Å². The van der Waals surface area contributed by atoms with Gasteiger partial charge in [-0.2, -0.15) is 0 Å². The van der Waals surface area contributed by atoms with E-state index >= 15 is 4.57 Å². The van der Waals surface area contributed by atoms with E-state index in [1.165, 1.54) is 19.2 Å². The standard InChI is InChI=1S/C42H33N2O9P/c1-26-11-9-13-28(21-26)52-30-19-20-38(54(51,31-15-5-3-6-16-31)32-17-7-4-8-18-32)37(23-30)53-29-14-10-12-27(22-29)44-40(46)34-24-33(39(45)43-2)35(41(47)48)25-36(34)42(49)50/h3-25H,1-2H3,(H,43,45)(H,44,46)(H,47,48)(H,49,50). The summed E-state index contributed by atoms with van der Waals surface area (Å²) in [7, 11) is -2.28. The highest BCUT2D eigenvalue weighted by Gasteiger charge is 2.33. The molecule has 0 heterocycles. The first kappa shape index (κ1) is 36.8. The third-order valence-corrected chi connectivity index (χ3v) is 11.5. The topological polar surface area (TPSA) is 168 Å². The van der Waals surface area contributed by atoms with E-state index in [9.17, 15) is 29.4 Å². The number of amides is 2. The van der Waals surface area contributed by atoms with Gasteiger partial charge in [0.2, 0.25) is 0 Å². The van der Waals surface area contributed by atoms with Crippen LogP contribution in [0.3, 0.4) is 0 Å². The molecule has 0 unspecified atom stereocenters. The van der Waals surface area contributed by atoms with E-state index in [2.05, 4.69) is 10.6 Å². The van der Waals surface area contributed by atoms with Crippen LogP contribution in [0, 0.1) is 6.92 Å². The second-order valence-electron chi connectivity index (χ2n) is 12.0. The van der Waals surface area contributed by atoms with Crippen molar-refractivity contribution in [3.63, 3.8) is 0 Å². The molecule has 0 aromatic heterocycles. The van der Waals surface area contributed by atoms with E-state index in [1.807, 2.05) is 67.6 Å². The van der Waals surface area contributed by atoms with E-state index in [0.717, 1.165) is 17.7 Å². The highest BCUT2D eigenvalue weighted by Crippen LogP contribution is 2.47. The first-order valence-electron chi connectivity index (χ1n) is 16.5. The molecule has 6 aromatic rings. The Labute approximate surface area is 310 Å². The highest BCUT2D eigenvalue weighted by atomic mass is 31.2. The first-order valence-corrected chi connectivity index (χ1v) is 18.2. The molecule has 6 rings (SSSR count). The zero-order valence-electron chi connectivity index (χ0n) is 29.0. The van der Waals surface area contributed by atoms with Gasteiger partial charge in [-0.25, -0.2) is 9.59 Å². The third-order valence-electron chi connectivity index (χ3n) is 8.39.